The molecule has 0 aromatic rings. The van der Waals surface area contributed by atoms with Crippen LogP contribution in [0, 0.1) is 35.5 Å². The number of carboxylic acid groups (broad SMARTS) is 1. The van der Waals surface area contributed by atoms with E-state index in [1.165, 1.54) is 51.4 Å². The summed E-state index contributed by atoms with van der Waals surface area (Å²) >= 11 is 0. The predicted molar refractivity (Wildman–Crippen MR) is 99.7 cm³/mol. The van der Waals surface area contributed by atoms with Gasteiger partial charge >= 0.3 is 12.1 Å². The quantitative estimate of drug-likeness (QED) is 0.729. The number of carbonyl (C=O) groups is 2. The molecule has 0 bridgehead atoms. The number of fused-ring (bicyclic) bond motifs is 3. The van der Waals surface area contributed by atoms with Gasteiger partial charge in [0.25, 0.3) is 0 Å². The first-order valence-electron chi connectivity index (χ1n) is 10.6. The summed E-state index contributed by atoms with van der Waals surface area (Å²) in [5.41, 5.74) is 0. The van der Waals surface area contributed by atoms with Gasteiger partial charge in [-0.1, -0.05) is 39.5 Å². The van der Waals surface area contributed by atoms with Crippen molar-refractivity contribution in [3.8, 4) is 0 Å². The van der Waals surface area contributed by atoms with E-state index in [0.29, 0.717) is 30.8 Å². The van der Waals surface area contributed by atoms with Crippen LogP contribution in [0.25, 0.3) is 0 Å². The lowest BCUT2D eigenvalue weighted by Crippen LogP contribution is -2.42. The fraction of sp³-hybridized carbons (Fsp3) is 0.905. The van der Waals surface area contributed by atoms with Crippen LogP contribution in [-0.4, -0.2) is 29.8 Å². The summed E-state index contributed by atoms with van der Waals surface area (Å²) < 4.78 is 5.57. The van der Waals surface area contributed by atoms with Gasteiger partial charge in [-0.3, -0.25) is 0 Å². The first kappa shape index (κ1) is 19.5. The zero-order valence-electron chi connectivity index (χ0n) is 16.3. The van der Waals surface area contributed by atoms with Crippen molar-refractivity contribution in [3.05, 3.63) is 0 Å². The molecule has 0 aromatic heterocycles. The minimum Gasteiger partial charge on any atom is -0.480 e. The SMILES string of the molecule is CC(C)CC(NC(=O)OCC1C2CCCCC2C2CCCCC21)C(=O)O. The van der Waals surface area contributed by atoms with Crippen molar-refractivity contribution in [1.82, 2.24) is 5.32 Å². The molecule has 3 saturated carbocycles. The standard InChI is InChI=1S/C21H35NO4/c1-13(2)11-19(20(23)24)22-21(25)26-12-18-16-9-5-3-7-14(16)15-8-4-6-10-17(15)18/h13-19H,3-12H2,1-2H3,(H,22,25)(H,23,24). The van der Waals surface area contributed by atoms with E-state index >= 15 is 0 Å². The molecule has 0 aliphatic heterocycles. The number of alkyl carbamates (subject to hydrolysis) is 1. The number of amides is 1. The van der Waals surface area contributed by atoms with Crippen LogP contribution in [0.1, 0.15) is 71.6 Å². The van der Waals surface area contributed by atoms with Crippen LogP contribution in [-0.2, 0) is 9.53 Å². The van der Waals surface area contributed by atoms with Gasteiger partial charge in [0.2, 0.25) is 0 Å². The van der Waals surface area contributed by atoms with Gasteiger partial charge in [-0.25, -0.2) is 9.59 Å². The number of rotatable bonds is 6. The highest BCUT2D eigenvalue weighted by atomic mass is 16.5. The highest BCUT2D eigenvalue weighted by Crippen LogP contribution is 2.57. The van der Waals surface area contributed by atoms with E-state index in [-0.39, 0.29) is 5.92 Å². The van der Waals surface area contributed by atoms with Gasteiger partial charge in [0.05, 0.1) is 6.61 Å². The number of ether oxygens (including phenoxy) is 1. The van der Waals surface area contributed by atoms with Crippen molar-refractivity contribution in [2.75, 3.05) is 6.61 Å². The maximum absolute atomic E-state index is 12.2. The number of nitrogens with one attached hydrogen (secondary N) is 1. The smallest absolute Gasteiger partial charge is 0.407 e. The zero-order valence-corrected chi connectivity index (χ0v) is 16.3. The molecule has 3 aliphatic carbocycles. The Bertz CT molecular complexity index is 484. The van der Waals surface area contributed by atoms with Gasteiger partial charge in [0, 0.05) is 0 Å². The number of hydrogen-bond donors (Lipinski definition) is 2. The average molecular weight is 366 g/mol. The van der Waals surface area contributed by atoms with Crippen LogP contribution in [0.4, 0.5) is 4.79 Å². The molecule has 0 aromatic carbocycles. The molecule has 5 heteroatoms. The van der Waals surface area contributed by atoms with Crippen molar-refractivity contribution in [2.45, 2.75) is 77.7 Å². The van der Waals surface area contributed by atoms with Crippen LogP contribution in [0.15, 0.2) is 0 Å². The Labute approximate surface area is 157 Å². The van der Waals surface area contributed by atoms with Crippen molar-refractivity contribution in [3.63, 3.8) is 0 Å². The third-order valence-corrected chi connectivity index (χ3v) is 7.10. The highest BCUT2D eigenvalue weighted by molar-refractivity contribution is 5.79. The number of carbonyl (C=O) groups excluding carboxylic acids is 1. The second kappa shape index (κ2) is 8.62. The van der Waals surface area contributed by atoms with Crippen molar-refractivity contribution >= 4 is 12.1 Å². The summed E-state index contributed by atoms with van der Waals surface area (Å²) in [5.74, 6) is 2.76. The van der Waals surface area contributed by atoms with E-state index in [1.54, 1.807) is 0 Å². The summed E-state index contributed by atoms with van der Waals surface area (Å²) in [7, 11) is 0. The molecule has 148 valence electrons. The van der Waals surface area contributed by atoms with E-state index in [4.69, 9.17) is 4.74 Å². The van der Waals surface area contributed by atoms with Gasteiger partial charge in [-0.2, -0.15) is 0 Å². The molecule has 3 rings (SSSR count). The third kappa shape index (κ3) is 4.34. The molecule has 26 heavy (non-hydrogen) atoms. The van der Waals surface area contributed by atoms with E-state index in [1.807, 2.05) is 13.8 Å². The molecule has 5 nitrogen and oxygen atoms in total. The minimum absolute atomic E-state index is 0.206. The van der Waals surface area contributed by atoms with Crippen LogP contribution in [0.5, 0.6) is 0 Å². The van der Waals surface area contributed by atoms with Crippen molar-refractivity contribution in [1.29, 1.82) is 0 Å². The fourth-order valence-corrected chi connectivity index (χ4v) is 6.12. The van der Waals surface area contributed by atoms with Crippen LogP contribution < -0.4 is 5.32 Å². The molecule has 5 unspecified atom stereocenters. The van der Waals surface area contributed by atoms with E-state index < -0.39 is 18.1 Å². The Morgan fingerprint density at radius 1 is 0.962 bits per heavy atom. The number of carboxylic acids is 1. The summed E-state index contributed by atoms with van der Waals surface area (Å²) in [5, 5.41) is 11.8. The third-order valence-electron chi connectivity index (χ3n) is 7.10. The van der Waals surface area contributed by atoms with E-state index in [9.17, 15) is 14.7 Å². The van der Waals surface area contributed by atoms with Gasteiger partial charge in [0.1, 0.15) is 6.04 Å². The summed E-state index contributed by atoms with van der Waals surface area (Å²) in [6, 6.07) is -0.865. The number of aliphatic carboxylic acids is 1. The Kier molecular flexibility index (Phi) is 6.46. The normalized spacial score (nSPS) is 34.7. The molecule has 0 spiro atoms. The molecular weight excluding hydrogens is 330 g/mol. The average Bonchev–Trinajstić information content (AvgIpc) is 2.93. The highest BCUT2D eigenvalue weighted by Gasteiger charge is 2.51. The lowest BCUT2D eigenvalue weighted by molar-refractivity contribution is -0.139. The monoisotopic (exact) mass is 365 g/mol. The molecule has 3 fully saturated rings. The summed E-state index contributed by atoms with van der Waals surface area (Å²) in [6.07, 6.45) is 10.4. The lowest BCUT2D eigenvalue weighted by Gasteiger charge is -2.32. The van der Waals surface area contributed by atoms with Gasteiger partial charge < -0.3 is 15.2 Å². The Hall–Kier alpha value is -1.26. The van der Waals surface area contributed by atoms with Crippen LogP contribution in [0.2, 0.25) is 0 Å². The van der Waals surface area contributed by atoms with E-state index in [2.05, 4.69) is 5.32 Å². The van der Waals surface area contributed by atoms with Gasteiger partial charge in [-0.15, -0.1) is 0 Å². The molecule has 0 heterocycles. The second-order valence-electron chi connectivity index (χ2n) is 9.15. The fourth-order valence-electron chi connectivity index (χ4n) is 6.12. The maximum Gasteiger partial charge on any atom is 0.407 e. The Morgan fingerprint density at radius 2 is 1.46 bits per heavy atom. The molecule has 0 radical (unpaired) electrons. The van der Waals surface area contributed by atoms with Crippen LogP contribution >= 0.6 is 0 Å². The largest absolute Gasteiger partial charge is 0.480 e. The first-order valence-corrected chi connectivity index (χ1v) is 10.6. The molecule has 5 atom stereocenters. The molecule has 0 saturated heterocycles. The molecular formula is C21H35NO4. The van der Waals surface area contributed by atoms with Gasteiger partial charge in [0.15, 0.2) is 0 Å². The number of hydrogen-bond acceptors (Lipinski definition) is 3. The Morgan fingerprint density at radius 3 is 1.92 bits per heavy atom. The molecule has 2 N–H and O–H groups in total. The molecule has 1 amide bonds. The maximum atomic E-state index is 12.2. The van der Waals surface area contributed by atoms with Crippen LogP contribution in [0.3, 0.4) is 0 Å². The lowest BCUT2D eigenvalue weighted by atomic mass is 9.73. The first-order chi connectivity index (χ1) is 12.5. The summed E-state index contributed by atoms with van der Waals surface area (Å²) in [4.78, 5) is 23.6. The van der Waals surface area contributed by atoms with Crippen molar-refractivity contribution in [2.24, 2.45) is 35.5 Å². The minimum atomic E-state index is -0.990. The Balaban J connectivity index is 1.57. The molecule has 3 aliphatic rings. The van der Waals surface area contributed by atoms with Gasteiger partial charge in [-0.05, 0) is 67.6 Å². The second-order valence-corrected chi connectivity index (χ2v) is 9.15. The van der Waals surface area contributed by atoms with Crippen molar-refractivity contribution < 1.29 is 19.4 Å². The predicted octanol–water partition coefficient (Wildman–Crippen LogP) is 4.45. The topological polar surface area (TPSA) is 75.6 Å². The summed E-state index contributed by atoms with van der Waals surface area (Å²) in [6.45, 7) is 4.37. The zero-order chi connectivity index (χ0) is 18.7. The van der Waals surface area contributed by atoms with E-state index in [0.717, 1.165) is 11.8 Å².